The van der Waals surface area contributed by atoms with Gasteiger partial charge in [-0.1, -0.05) is 23.7 Å². The molecule has 0 saturated carbocycles. The Labute approximate surface area is 130 Å². The summed E-state index contributed by atoms with van der Waals surface area (Å²) in [5, 5.41) is 4.18. The number of benzene rings is 2. The molecule has 0 aromatic heterocycles. The van der Waals surface area contributed by atoms with Gasteiger partial charge in [0.05, 0.1) is 7.11 Å². The minimum absolute atomic E-state index is 0.265. The maximum atomic E-state index is 5.88. The van der Waals surface area contributed by atoms with E-state index in [-0.39, 0.29) is 6.04 Å². The van der Waals surface area contributed by atoms with Crippen LogP contribution < -0.4 is 14.8 Å². The second-order valence-electron chi connectivity index (χ2n) is 4.75. The van der Waals surface area contributed by atoms with Crippen molar-refractivity contribution in [3.63, 3.8) is 0 Å². The van der Waals surface area contributed by atoms with Crippen LogP contribution in [0.1, 0.15) is 18.5 Å². The van der Waals surface area contributed by atoms with Crippen molar-refractivity contribution in [3.8, 4) is 11.5 Å². The molecule has 112 valence electrons. The Bertz CT molecular complexity index is 540. The number of hydrogen-bond acceptors (Lipinski definition) is 3. The summed E-state index contributed by atoms with van der Waals surface area (Å²) in [6.07, 6.45) is 0. The molecule has 3 nitrogen and oxygen atoms in total. The summed E-state index contributed by atoms with van der Waals surface area (Å²) in [5.74, 6) is 1.67. The SMILES string of the molecule is COc1ccc(OCCN[C@H](C)c2ccc(Cl)cc2)cc1. The van der Waals surface area contributed by atoms with Crippen molar-refractivity contribution >= 4 is 11.6 Å². The molecule has 0 saturated heterocycles. The molecule has 2 aromatic carbocycles. The van der Waals surface area contributed by atoms with Crippen LogP contribution in [0.5, 0.6) is 11.5 Å². The number of hydrogen-bond donors (Lipinski definition) is 1. The lowest BCUT2D eigenvalue weighted by Crippen LogP contribution is -2.24. The largest absolute Gasteiger partial charge is 0.497 e. The van der Waals surface area contributed by atoms with Crippen LogP contribution in [-0.2, 0) is 0 Å². The van der Waals surface area contributed by atoms with Gasteiger partial charge in [0.15, 0.2) is 0 Å². The van der Waals surface area contributed by atoms with Gasteiger partial charge in [0.25, 0.3) is 0 Å². The molecule has 0 spiro atoms. The number of ether oxygens (including phenoxy) is 2. The predicted octanol–water partition coefficient (Wildman–Crippen LogP) is 4.08. The van der Waals surface area contributed by atoms with Crippen molar-refractivity contribution in [2.45, 2.75) is 13.0 Å². The number of methoxy groups -OCH3 is 1. The summed E-state index contributed by atoms with van der Waals surface area (Å²) >= 11 is 5.88. The molecule has 2 aromatic rings. The second kappa shape index (κ2) is 7.91. The number of rotatable bonds is 7. The molecule has 0 heterocycles. The van der Waals surface area contributed by atoms with E-state index in [4.69, 9.17) is 21.1 Å². The lowest BCUT2D eigenvalue weighted by molar-refractivity contribution is 0.307. The number of halogens is 1. The highest BCUT2D eigenvalue weighted by Crippen LogP contribution is 2.17. The molecule has 0 bridgehead atoms. The van der Waals surface area contributed by atoms with Crippen LogP contribution in [0.25, 0.3) is 0 Å². The highest BCUT2D eigenvalue weighted by molar-refractivity contribution is 6.30. The van der Waals surface area contributed by atoms with Crippen molar-refractivity contribution in [1.82, 2.24) is 5.32 Å². The summed E-state index contributed by atoms with van der Waals surface area (Å²) in [7, 11) is 1.65. The van der Waals surface area contributed by atoms with E-state index in [1.165, 1.54) is 5.56 Å². The average Bonchev–Trinajstić information content (AvgIpc) is 2.52. The summed E-state index contributed by atoms with van der Waals surface area (Å²) < 4.78 is 10.8. The highest BCUT2D eigenvalue weighted by Gasteiger charge is 2.04. The molecule has 0 amide bonds. The van der Waals surface area contributed by atoms with Gasteiger partial charge in [0, 0.05) is 17.6 Å². The molecule has 2 rings (SSSR count). The van der Waals surface area contributed by atoms with Crippen LogP contribution in [0, 0.1) is 0 Å². The Morgan fingerprint density at radius 3 is 2.24 bits per heavy atom. The molecule has 1 N–H and O–H groups in total. The first-order valence-electron chi connectivity index (χ1n) is 6.95. The first-order valence-corrected chi connectivity index (χ1v) is 7.32. The Balaban J connectivity index is 1.72. The van der Waals surface area contributed by atoms with E-state index in [2.05, 4.69) is 12.2 Å². The van der Waals surface area contributed by atoms with Gasteiger partial charge in [0.2, 0.25) is 0 Å². The van der Waals surface area contributed by atoms with E-state index >= 15 is 0 Å². The van der Waals surface area contributed by atoms with E-state index in [9.17, 15) is 0 Å². The Morgan fingerprint density at radius 1 is 1.00 bits per heavy atom. The highest BCUT2D eigenvalue weighted by atomic mass is 35.5. The Morgan fingerprint density at radius 2 is 1.62 bits per heavy atom. The lowest BCUT2D eigenvalue weighted by atomic mass is 10.1. The van der Waals surface area contributed by atoms with Crippen LogP contribution in [0.2, 0.25) is 5.02 Å². The molecule has 0 unspecified atom stereocenters. The predicted molar refractivity (Wildman–Crippen MR) is 86.4 cm³/mol. The Kier molecular flexibility index (Phi) is 5.90. The normalized spacial score (nSPS) is 12.0. The second-order valence-corrected chi connectivity index (χ2v) is 5.19. The van der Waals surface area contributed by atoms with Gasteiger partial charge in [-0.05, 0) is 48.9 Å². The zero-order chi connectivity index (χ0) is 15.1. The van der Waals surface area contributed by atoms with Gasteiger partial charge >= 0.3 is 0 Å². The van der Waals surface area contributed by atoms with E-state index < -0.39 is 0 Å². The monoisotopic (exact) mass is 305 g/mol. The third-order valence-electron chi connectivity index (χ3n) is 3.25. The minimum Gasteiger partial charge on any atom is -0.497 e. The van der Waals surface area contributed by atoms with Crippen molar-refractivity contribution in [2.75, 3.05) is 20.3 Å². The summed E-state index contributed by atoms with van der Waals surface area (Å²) in [6.45, 7) is 3.51. The Hall–Kier alpha value is -1.71. The molecule has 1 atom stereocenters. The minimum atomic E-state index is 0.265. The van der Waals surface area contributed by atoms with Crippen LogP contribution >= 0.6 is 11.6 Å². The fourth-order valence-electron chi connectivity index (χ4n) is 1.99. The zero-order valence-corrected chi connectivity index (χ0v) is 13.1. The van der Waals surface area contributed by atoms with Gasteiger partial charge in [-0.25, -0.2) is 0 Å². The van der Waals surface area contributed by atoms with Crippen molar-refractivity contribution in [1.29, 1.82) is 0 Å². The summed E-state index contributed by atoms with van der Waals surface area (Å²) in [5.41, 5.74) is 1.21. The molecule has 0 radical (unpaired) electrons. The van der Waals surface area contributed by atoms with Crippen molar-refractivity contribution in [3.05, 3.63) is 59.1 Å². The van der Waals surface area contributed by atoms with Gasteiger partial charge in [0.1, 0.15) is 18.1 Å². The van der Waals surface area contributed by atoms with Gasteiger partial charge in [-0.15, -0.1) is 0 Å². The van der Waals surface area contributed by atoms with Gasteiger partial charge in [-0.3, -0.25) is 0 Å². The summed E-state index contributed by atoms with van der Waals surface area (Å²) in [4.78, 5) is 0. The molecular weight excluding hydrogens is 286 g/mol. The van der Waals surface area contributed by atoms with Crippen LogP contribution in [0.3, 0.4) is 0 Å². The lowest BCUT2D eigenvalue weighted by Gasteiger charge is -2.15. The molecular formula is C17H20ClNO2. The fraction of sp³-hybridized carbons (Fsp3) is 0.294. The summed E-state index contributed by atoms with van der Waals surface area (Å²) in [6, 6.07) is 15.7. The molecule has 4 heteroatoms. The first kappa shape index (κ1) is 15.7. The third-order valence-corrected chi connectivity index (χ3v) is 3.50. The maximum absolute atomic E-state index is 5.88. The van der Waals surface area contributed by atoms with E-state index in [0.29, 0.717) is 6.61 Å². The molecule has 21 heavy (non-hydrogen) atoms. The molecule has 0 aliphatic heterocycles. The fourth-order valence-corrected chi connectivity index (χ4v) is 2.11. The standard InChI is InChI=1S/C17H20ClNO2/c1-13(14-3-5-15(18)6-4-14)19-11-12-21-17-9-7-16(20-2)8-10-17/h3-10,13,19H,11-12H2,1-2H3/t13-/m1/s1. The quantitative estimate of drug-likeness (QED) is 0.782. The topological polar surface area (TPSA) is 30.5 Å². The van der Waals surface area contributed by atoms with Crippen molar-refractivity contribution in [2.24, 2.45) is 0 Å². The maximum Gasteiger partial charge on any atom is 0.119 e. The smallest absolute Gasteiger partial charge is 0.119 e. The van der Waals surface area contributed by atoms with Gasteiger partial charge in [-0.2, -0.15) is 0 Å². The van der Waals surface area contributed by atoms with E-state index in [1.54, 1.807) is 7.11 Å². The average molecular weight is 306 g/mol. The van der Waals surface area contributed by atoms with Gasteiger partial charge < -0.3 is 14.8 Å². The van der Waals surface area contributed by atoms with Crippen LogP contribution in [0.4, 0.5) is 0 Å². The number of nitrogens with one attached hydrogen (secondary N) is 1. The first-order chi connectivity index (χ1) is 10.2. The molecule has 0 aliphatic carbocycles. The zero-order valence-electron chi connectivity index (χ0n) is 12.3. The van der Waals surface area contributed by atoms with E-state index in [1.807, 2.05) is 48.5 Å². The van der Waals surface area contributed by atoms with E-state index in [0.717, 1.165) is 23.1 Å². The molecule has 0 fully saturated rings. The van der Waals surface area contributed by atoms with Crippen LogP contribution in [-0.4, -0.2) is 20.3 Å². The van der Waals surface area contributed by atoms with Crippen molar-refractivity contribution < 1.29 is 9.47 Å². The molecule has 0 aliphatic rings. The third kappa shape index (κ3) is 4.96. The van der Waals surface area contributed by atoms with Crippen LogP contribution in [0.15, 0.2) is 48.5 Å².